The summed E-state index contributed by atoms with van der Waals surface area (Å²) < 4.78 is 17.8. The van der Waals surface area contributed by atoms with E-state index in [4.69, 9.17) is 13.9 Å². The molecule has 9 heteroatoms. The number of ether oxygens (including phenoxy) is 2. The van der Waals surface area contributed by atoms with Crippen molar-refractivity contribution in [2.24, 2.45) is 5.10 Å². The normalized spacial score (nSPS) is 11.5. The minimum atomic E-state index is -0.428. The van der Waals surface area contributed by atoms with Crippen molar-refractivity contribution in [3.05, 3.63) is 64.6 Å². The van der Waals surface area contributed by atoms with Gasteiger partial charge in [-0.15, -0.1) is 0 Å². The largest absolute Gasteiger partial charge is 0.495 e. The quantitative estimate of drug-likeness (QED) is 0.226. The highest BCUT2D eigenvalue weighted by Gasteiger charge is 2.15. The number of fused-ring (bicyclic) bond motifs is 3. The van der Waals surface area contributed by atoms with Crippen molar-refractivity contribution < 1.29 is 23.5 Å². The number of nitrogens with zero attached hydrogens (tertiary/aromatic N) is 1. The molecular weight excluding hydrogens is 514 g/mol. The number of para-hydroxylation sites is 1. The van der Waals surface area contributed by atoms with Crippen LogP contribution in [0.3, 0.4) is 0 Å². The highest BCUT2D eigenvalue weighted by atomic mass is 79.9. The van der Waals surface area contributed by atoms with Crippen LogP contribution in [0.1, 0.15) is 18.9 Å². The van der Waals surface area contributed by atoms with Gasteiger partial charge >= 0.3 is 0 Å². The van der Waals surface area contributed by atoms with Crippen LogP contribution in [0.25, 0.3) is 21.9 Å². The fraction of sp³-hybridized carbons (Fsp3) is 0.192. The van der Waals surface area contributed by atoms with Crippen LogP contribution in [-0.4, -0.2) is 31.2 Å². The van der Waals surface area contributed by atoms with Gasteiger partial charge in [0, 0.05) is 27.0 Å². The summed E-state index contributed by atoms with van der Waals surface area (Å²) in [5, 5.41) is 8.69. The molecule has 4 rings (SSSR count). The lowest BCUT2D eigenvalue weighted by molar-refractivity contribution is -0.123. The molecule has 0 radical (unpaired) electrons. The molecule has 8 nitrogen and oxygen atoms in total. The molecule has 2 N–H and O–H groups in total. The first-order valence-electron chi connectivity index (χ1n) is 10.8. The van der Waals surface area contributed by atoms with E-state index in [2.05, 4.69) is 31.8 Å². The Morgan fingerprint density at radius 3 is 2.60 bits per heavy atom. The second-order valence-corrected chi connectivity index (χ2v) is 8.81. The maximum atomic E-state index is 12.6. The van der Waals surface area contributed by atoms with E-state index in [1.807, 2.05) is 49.4 Å². The fourth-order valence-electron chi connectivity index (χ4n) is 3.53. The molecule has 0 bridgehead atoms. The fourth-order valence-corrected chi connectivity index (χ4v) is 3.78. The molecule has 0 fully saturated rings. The van der Waals surface area contributed by atoms with Crippen molar-refractivity contribution in [1.29, 1.82) is 0 Å². The van der Waals surface area contributed by atoms with Crippen molar-refractivity contribution in [2.45, 2.75) is 20.3 Å². The van der Waals surface area contributed by atoms with Gasteiger partial charge in [0.25, 0.3) is 5.91 Å². The first-order chi connectivity index (χ1) is 16.8. The maximum absolute atomic E-state index is 12.6. The summed E-state index contributed by atoms with van der Waals surface area (Å²) in [5.41, 5.74) is 5.71. The summed E-state index contributed by atoms with van der Waals surface area (Å²) in [6.45, 7) is 3.39. The van der Waals surface area contributed by atoms with E-state index in [9.17, 15) is 9.59 Å². The van der Waals surface area contributed by atoms with E-state index < -0.39 is 5.91 Å². The second kappa shape index (κ2) is 10.6. The molecule has 0 aliphatic heterocycles. The molecule has 0 aliphatic rings. The Morgan fingerprint density at radius 2 is 1.83 bits per heavy atom. The van der Waals surface area contributed by atoms with Gasteiger partial charge in [0.15, 0.2) is 6.61 Å². The van der Waals surface area contributed by atoms with Crippen LogP contribution in [0.5, 0.6) is 11.5 Å². The summed E-state index contributed by atoms with van der Waals surface area (Å²) in [6, 6.07) is 16.7. The van der Waals surface area contributed by atoms with Gasteiger partial charge in [0.1, 0.15) is 22.7 Å². The zero-order valence-electron chi connectivity index (χ0n) is 19.5. The van der Waals surface area contributed by atoms with Crippen LogP contribution in [0.15, 0.2) is 68.6 Å². The van der Waals surface area contributed by atoms with E-state index in [-0.39, 0.29) is 18.9 Å². The molecule has 0 unspecified atom stereocenters. The van der Waals surface area contributed by atoms with E-state index in [1.54, 1.807) is 26.2 Å². The third-order valence-corrected chi connectivity index (χ3v) is 6.15. The van der Waals surface area contributed by atoms with Gasteiger partial charge < -0.3 is 19.2 Å². The lowest BCUT2D eigenvalue weighted by Crippen LogP contribution is -2.26. The molecule has 1 aromatic heterocycles. The van der Waals surface area contributed by atoms with E-state index >= 15 is 0 Å². The molecule has 0 saturated carbocycles. The van der Waals surface area contributed by atoms with Crippen LogP contribution >= 0.6 is 15.9 Å². The van der Waals surface area contributed by atoms with E-state index in [0.29, 0.717) is 28.5 Å². The number of carbonyl (C=O) groups excluding carboxylic acids is 2. The number of methoxy groups -OCH3 is 1. The van der Waals surface area contributed by atoms with Gasteiger partial charge in [0.05, 0.1) is 19.2 Å². The summed E-state index contributed by atoms with van der Waals surface area (Å²) in [7, 11) is 1.54. The Labute approximate surface area is 210 Å². The number of aryl methyl sites for hydroxylation is 1. The van der Waals surface area contributed by atoms with Crippen LogP contribution in [0.4, 0.5) is 5.69 Å². The first kappa shape index (κ1) is 24.3. The Hall–Kier alpha value is -3.85. The SMILES string of the molecule is COc1cc2c(cc1NC(=O)CC(C)=NNC(=O)COc1ccc(Br)c(C)c1)oc1ccccc12. The van der Waals surface area contributed by atoms with E-state index in [1.165, 1.54) is 0 Å². The molecule has 180 valence electrons. The number of hydrogen-bond acceptors (Lipinski definition) is 6. The van der Waals surface area contributed by atoms with Crippen molar-refractivity contribution in [2.75, 3.05) is 19.0 Å². The van der Waals surface area contributed by atoms with Crippen molar-refractivity contribution in [3.63, 3.8) is 0 Å². The summed E-state index contributed by atoms with van der Waals surface area (Å²) in [5.74, 6) is 0.357. The van der Waals surface area contributed by atoms with Crippen molar-refractivity contribution >= 4 is 61.1 Å². The Kier molecular flexibility index (Phi) is 7.36. The molecule has 0 spiro atoms. The number of amides is 2. The molecule has 0 atom stereocenters. The molecule has 2 amide bonds. The number of carbonyl (C=O) groups is 2. The molecule has 35 heavy (non-hydrogen) atoms. The topological polar surface area (TPSA) is 102 Å². The average molecular weight is 538 g/mol. The van der Waals surface area contributed by atoms with E-state index in [0.717, 1.165) is 26.4 Å². The van der Waals surface area contributed by atoms with Crippen LogP contribution in [0, 0.1) is 6.92 Å². The lowest BCUT2D eigenvalue weighted by atomic mass is 10.1. The highest BCUT2D eigenvalue weighted by Crippen LogP contribution is 2.36. The molecule has 0 aliphatic carbocycles. The van der Waals surface area contributed by atoms with Gasteiger partial charge in [-0.2, -0.15) is 5.10 Å². The lowest BCUT2D eigenvalue weighted by Gasteiger charge is -2.10. The number of rotatable bonds is 8. The minimum Gasteiger partial charge on any atom is -0.495 e. The Morgan fingerprint density at radius 1 is 1.03 bits per heavy atom. The number of anilines is 1. The summed E-state index contributed by atoms with van der Waals surface area (Å²) in [4.78, 5) is 24.6. The Balaban J connectivity index is 1.35. The van der Waals surface area contributed by atoms with Crippen molar-refractivity contribution in [1.82, 2.24) is 5.43 Å². The number of halogens is 1. The average Bonchev–Trinajstić information content (AvgIpc) is 3.20. The third-order valence-electron chi connectivity index (χ3n) is 5.26. The summed E-state index contributed by atoms with van der Waals surface area (Å²) >= 11 is 3.42. The Bertz CT molecular complexity index is 1440. The number of hydrazone groups is 1. The molecule has 0 saturated heterocycles. The van der Waals surface area contributed by atoms with Gasteiger partial charge in [-0.3, -0.25) is 9.59 Å². The molecule has 3 aromatic carbocycles. The van der Waals surface area contributed by atoms with Gasteiger partial charge in [-0.25, -0.2) is 5.43 Å². The molecular formula is C26H24BrN3O5. The number of nitrogens with one attached hydrogen (secondary N) is 2. The van der Waals surface area contributed by atoms with Gasteiger partial charge in [-0.1, -0.05) is 34.1 Å². The zero-order valence-corrected chi connectivity index (χ0v) is 21.1. The molecule has 1 heterocycles. The third kappa shape index (κ3) is 5.81. The maximum Gasteiger partial charge on any atom is 0.277 e. The predicted octanol–water partition coefficient (Wildman–Crippen LogP) is 5.57. The smallest absolute Gasteiger partial charge is 0.277 e. The summed E-state index contributed by atoms with van der Waals surface area (Å²) in [6.07, 6.45) is -0.0195. The number of hydrogen-bond donors (Lipinski definition) is 2. The van der Waals surface area contributed by atoms with Crippen LogP contribution in [-0.2, 0) is 9.59 Å². The highest BCUT2D eigenvalue weighted by molar-refractivity contribution is 9.10. The number of benzene rings is 3. The van der Waals surface area contributed by atoms with Crippen LogP contribution in [0.2, 0.25) is 0 Å². The standard InChI is InChI=1S/C26H24BrN3O5/c1-15-10-17(8-9-20(15)27)34-14-26(32)30-29-16(2)11-25(31)28-21-13-23-19(12-24(21)33-3)18-6-4-5-7-22(18)35-23/h4-10,12-13H,11,14H2,1-3H3,(H,28,31)(H,30,32). The first-order valence-corrected chi connectivity index (χ1v) is 11.6. The second-order valence-electron chi connectivity index (χ2n) is 7.95. The minimum absolute atomic E-state index is 0.0195. The van der Waals surface area contributed by atoms with Gasteiger partial charge in [-0.05, 0) is 49.7 Å². The molecule has 4 aromatic rings. The predicted molar refractivity (Wildman–Crippen MR) is 139 cm³/mol. The van der Waals surface area contributed by atoms with Crippen LogP contribution < -0.4 is 20.2 Å². The zero-order chi connectivity index (χ0) is 24.9. The monoisotopic (exact) mass is 537 g/mol. The number of furan rings is 1. The van der Waals surface area contributed by atoms with Crippen molar-refractivity contribution in [3.8, 4) is 11.5 Å². The van der Waals surface area contributed by atoms with Gasteiger partial charge in [0.2, 0.25) is 5.91 Å².